The van der Waals surface area contributed by atoms with Crippen LogP contribution < -0.4 is 15.1 Å². The van der Waals surface area contributed by atoms with Gasteiger partial charge in [-0.15, -0.1) is 11.3 Å². The molecule has 1 aromatic heterocycles. The van der Waals surface area contributed by atoms with Gasteiger partial charge in [0.15, 0.2) is 0 Å². The molecule has 1 saturated heterocycles. The first-order valence-electron chi connectivity index (χ1n) is 10.6. The van der Waals surface area contributed by atoms with E-state index in [1.54, 1.807) is 24.3 Å². The molecule has 1 fully saturated rings. The van der Waals surface area contributed by atoms with Crippen molar-refractivity contribution in [3.63, 3.8) is 0 Å². The monoisotopic (exact) mass is 521 g/mol. The molecule has 12 heteroatoms. The molecule has 3 N–H and O–H groups in total. The number of hydrogen-bond acceptors (Lipinski definition) is 6. The molecule has 4 rings (SSSR count). The lowest BCUT2D eigenvalue weighted by molar-refractivity contribution is -0.192. The third-order valence-electron chi connectivity index (χ3n) is 5.21. The first kappa shape index (κ1) is 26.5. The third-order valence-corrected chi connectivity index (χ3v) is 6.08. The van der Waals surface area contributed by atoms with Crippen LogP contribution in [0.15, 0.2) is 66.0 Å². The number of nitrogens with zero attached hydrogens (tertiary/aromatic N) is 2. The number of aromatic carboxylic acids is 1. The largest absolute Gasteiger partial charge is 0.490 e. The van der Waals surface area contributed by atoms with Gasteiger partial charge in [-0.1, -0.05) is 24.3 Å². The minimum absolute atomic E-state index is 0.196. The highest BCUT2D eigenvalue weighted by molar-refractivity contribution is 7.12. The van der Waals surface area contributed by atoms with Crippen molar-refractivity contribution in [1.82, 2.24) is 0 Å². The fourth-order valence-corrected chi connectivity index (χ4v) is 4.12. The van der Waals surface area contributed by atoms with Crippen molar-refractivity contribution in [2.75, 3.05) is 41.3 Å². The number of anilines is 3. The highest BCUT2D eigenvalue weighted by Crippen LogP contribution is 2.27. The Balaban J connectivity index is 0.000000454. The van der Waals surface area contributed by atoms with Crippen molar-refractivity contribution in [2.45, 2.75) is 6.18 Å². The lowest BCUT2D eigenvalue weighted by atomic mass is 10.1. The summed E-state index contributed by atoms with van der Waals surface area (Å²) >= 11 is 1.34. The molecule has 0 atom stereocenters. The second-order valence-corrected chi connectivity index (χ2v) is 8.53. The number of carboxylic acid groups (broad SMARTS) is 2. The van der Waals surface area contributed by atoms with Crippen molar-refractivity contribution >= 4 is 46.2 Å². The number of carbonyl (C=O) groups excluding carboxylic acids is 1. The first-order chi connectivity index (χ1) is 17.1. The van der Waals surface area contributed by atoms with E-state index >= 15 is 0 Å². The fourth-order valence-electron chi connectivity index (χ4n) is 3.51. The zero-order valence-corrected chi connectivity index (χ0v) is 19.6. The molecule has 2 heterocycles. The summed E-state index contributed by atoms with van der Waals surface area (Å²) in [4.78, 5) is 38.0. The predicted molar refractivity (Wildman–Crippen MR) is 130 cm³/mol. The van der Waals surface area contributed by atoms with Gasteiger partial charge in [0, 0.05) is 37.6 Å². The molecule has 0 bridgehead atoms. The van der Waals surface area contributed by atoms with Crippen LogP contribution >= 0.6 is 11.3 Å². The average molecular weight is 522 g/mol. The van der Waals surface area contributed by atoms with Crippen LogP contribution in [0.3, 0.4) is 0 Å². The second kappa shape index (κ2) is 11.6. The maximum Gasteiger partial charge on any atom is 0.490 e. The Morgan fingerprint density at radius 1 is 0.861 bits per heavy atom. The zero-order chi connectivity index (χ0) is 26.3. The SMILES string of the molecule is O=C(Nc1ccc(N2CCN(c3ccccc3)CC2)c(C(=O)O)c1)c1cccs1.O=C(O)C(F)(F)F. The second-order valence-electron chi connectivity index (χ2n) is 7.58. The number of rotatable bonds is 5. The van der Waals surface area contributed by atoms with Crippen molar-refractivity contribution in [1.29, 1.82) is 0 Å². The predicted octanol–water partition coefficient (Wildman–Crippen LogP) is 4.66. The average Bonchev–Trinajstić information content (AvgIpc) is 3.40. The van der Waals surface area contributed by atoms with Gasteiger partial charge in [-0.25, -0.2) is 9.59 Å². The van der Waals surface area contributed by atoms with E-state index < -0.39 is 18.1 Å². The smallest absolute Gasteiger partial charge is 0.478 e. The summed E-state index contributed by atoms with van der Waals surface area (Å²) in [5.41, 5.74) is 2.53. The van der Waals surface area contributed by atoms with Gasteiger partial charge in [0.05, 0.1) is 16.1 Å². The van der Waals surface area contributed by atoms with Gasteiger partial charge < -0.3 is 25.3 Å². The number of piperazine rings is 1. The molecule has 1 amide bonds. The fraction of sp³-hybridized carbons (Fsp3) is 0.208. The molecule has 1 aliphatic rings. The number of benzene rings is 2. The minimum Gasteiger partial charge on any atom is -0.478 e. The van der Waals surface area contributed by atoms with Crippen LogP contribution in [-0.4, -0.2) is 60.4 Å². The number of para-hydroxylation sites is 1. The summed E-state index contributed by atoms with van der Waals surface area (Å²) < 4.78 is 31.7. The van der Waals surface area contributed by atoms with Gasteiger partial charge in [0.25, 0.3) is 5.91 Å². The van der Waals surface area contributed by atoms with Crippen LogP contribution in [-0.2, 0) is 4.79 Å². The van der Waals surface area contributed by atoms with Gasteiger partial charge >= 0.3 is 18.1 Å². The normalized spacial score (nSPS) is 13.4. The molecule has 8 nitrogen and oxygen atoms in total. The first-order valence-corrected chi connectivity index (χ1v) is 11.5. The topological polar surface area (TPSA) is 110 Å². The molecule has 0 saturated carbocycles. The van der Waals surface area contributed by atoms with Crippen LogP contribution in [0.4, 0.5) is 30.2 Å². The van der Waals surface area contributed by atoms with Crippen molar-refractivity contribution in [3.05, 3.63) is 76.5 Å². The van der Waals surface area contributed by atoms with Gasteiger partial charge in [-0.3, -0.25) is 4.79 Å². The number of alkyl halides is 3. The number of nitrogens with one attached hydrogen (secondary N) is 1. The Labute approximate surface area is 208 Å². The number of amides is 1. The summed E-state index contributed by atoms with van der Waals surface area (Å²) in [5.74, 6) is -3.99. The number of aliphatic carboxylic acids is 1. The molecule has 1 aliphatic heterocycles. The molecule has 0 aliphatic carbocycles. The molecule has 0 unspecified atom stereocenters. The molecule has 0 radical (unpaired) electrons. The number of carboxylic acids is 2. The van der Waals surface area contributed by atoms with Crippen molar-refractivity contribution in [3.8, 4) is 0 Å². The van der Waals surface area contributed by atoms with E-state index in [1.807, 2.05) is 23.6 Å². The number of carbonyl (C=O) groups is 3. The van der Waals surface area contributed by atoms with E-state index in [9.17, 15) is 27.9 Å². The zero-order valence-electron chi connectivity index (χ0n) is 18.7. The van der Waals surface area contributed by atoms with Crippen LogP contribution in [0.5, 0.6) is 0 Å². The Kier molecular flexibility index (Phi) is 8.54. The summed E-state index contributed by atoms with van der Waals surface area (Å²) in [5, 5.41) is 21.5. The highest BCUT2D eigenvalue weighted by Gasteiger charge is 2.38. The Hall–Kier alpha value is -4.06. The Morgan fingerprint density at radius 2 is 1.47 bits per heavy atom. The van der Waals surface area contributed by atoms with Gasteiger partial charge in [0.1, 0.15) is 0 Å². The van der Waals surface area contributed by atoms with E-state index in [0.29, 0.717) is 16.3 Å². The molecule has 190 valence electrons. The molecule has 2 aromatic carbocycles. The van der Waals surface area contributed by atoms with Crippen LogP contribution in [0.25, 0.3) is 0 Å². The standard InChI is InChI=1S/C22H21N3O3S.C2HF3O2/c26-21(20-7-4-14-29-20)23-16-8-9-19(18(15-16)22(27)28)25-12-10-24(11-13-25)17-5-2-1-3-6-17;3-2(4,5)1(6)7/h1-9,14-15H,10-13H2,(H,23,26)(H,27,28);(H,6,7). The van der Waals surface area contributed by atoms with Crippen molar-refractivity contribution in [2.24, 2.45) is 0 Å². The van der Waals surface area contributed by atoms with Gasteiger partial charge in [-0.05, 0) is 41.8 Å². The molecular formula is C24H22F3N3O5S. The van der Waals surface area contributed by atoms with E-state index in [2.05, 4.69) is 27.2 Å². The maximum absolute atomic E-state index is 12.2. The summed E-state index contributed by atoms with van der Waals surface area (Å²) in [6.07, 6.45) is -5.08. The highest BCUT2D eigenvalue weighted by atomic mass is 32.1. The van der Waals surface area contributed by atoms with Gasteiger partial charge in [0.2, 0.25) is 0 Å². The minimum atomic E-state index is -5.08. The quantitative estimate of drug-likeness (QED) is 0.448. The van der Waals surface area contributed by atoms with Crippen LogP contribution in [0.2, 0.25) is 0 Å². The Bertz CT molecular complexity index is 1200. The summed E-state index contributed by atoms with van der Waals surface area (Å²) in [7, 11) is 0. The van der Waals surface area contributed by atoms with Crippen LogP contribution in [0.1, 0.15) is 20.0 Å². The van der Waals surface area contributed by atoms with Crippen molar-refractivity contribution < 1.29 is 37.8 Å². The molecular weight excluding hydrogens is 499 g/mol. The molecule has 0 spiro atoms. The van der Waals surface area contributed by atoms with E-state index in [-0.39, 0.29) is 11.5 Å². The number of hydrogen-bond donors (Lipinski definition) is 3. The number of halogens is 3. The molecule has 36 heavy (non-hydrogen) atoms. The third kappa shape index (κ3) is 6.98. The lowest BCUT2D eigenvalue weighted by Crippen LogP contribution is -2.47. The van der Waals surface area contributed by atoms with E-state index in [4.69, 9.17) is 9.90 Å². The summed E-state index contributed by atoms with van der Waals surface area (Å²) in [6, 6.07) is 18.8. The van der Waals surface area contributed by atoms with E-state index in [1.165, 1.54) is 23.1 Å². The lowest BCUT2D eigenvalue weighted by Gasteiger charge is -2.38. The summed E-state index contributed by atoms with van der Waals surface area (Å²) in [6.45, 7) is 3.10. The Morgan fingerprint density at radius 3 is 2.00 bits per heavy atom. The number of thiophene rings is 1. The van der Waals surface area contributed by atoms with Crippen LogP contribution in [0, 0.1) is 0 Å². The molecule has 3 aromatic rings. The van der Waals surface area contributed by atoms with E-state index in [0.717, 1.165) is 26.2 Å². The maximum atomic E-state index is 12.2. The van der Waals surface area contributed by atoms with Gasteiger partial charge in [-0.2, -0.15) is 13.2 Å².